The molecule has 0 spiro atoms. The predicted octanol–water partition coefficient (Wildman–Crippen LogP) is 3.36. The van der Waals surface area contributed by atoms with Crippen molar-refractivity contribution < 1.29 is 21.6 Å². The van der Waals surface area contributed by atoms with Crippen LogP contribution in [0.25, 0.3) is 16.2 Å². The lowest BCUT2D eigenvalue weighted by molar-refractivity contribution is 0.150. The Morgan fingerprint density at radius 3 is 2.74 bits per heavy atom. The quantitative estimate of drug-likeness (QED) is 0.503. The molecular weight excluding hydrogens is 489 g/mol. The molecule has 0 aromatic carbocycles. The van der Waals surface area contributed by atoms with Crippen LogP contribution in [0.4, 0.5) is 18.9 Å². The van der Waals surface area contributed by atoms with Crippen LogP contribution in [0.3, 0.4) is 0 Å². The number of hydrogen-bond donors (Lipinski definition) is 2. The number of fused-ring (bicyclic) bond motifs is 1. The normalized spacial score (nSPS) is 22.6. The van der Waals surface area contributed by atoms with Crippen molar-refractivity contribution in [3.05, 3.63) is 29.4 Å². The van der Waals surface area contributed by atoms with Crippen molar-refractivity contribution in [3.63, 3.8) is 0 Å². The van der Waals surface area contributed by atoms with Crippen molar-refractivity contribution in [2.45, 2.75) is 55.6 Å². The van der Waals surface area contributed by atoms with Gasteiger partial charge in [-0.25, -0.2) is 26.3 Å². The monoisotopic (exact) mass is 514 g/mol. The van der Waals surface area contributed by atoms with Crippen LogP contribution in [-0.2, 0) is 10.0 Å². The third-order valence-electron chi connectivity index (χ3n) is 6.40. The van der Waals surface area contributed by atoms with E-state index in [2.05, 4.69) is 20.2 Å². The first-order chi connectivity index (χ1) is 16.1. The van der Waals surface area contributed by atoms with E-state index < -0.39 is 33.7 Å². The Labute approximate surface area is 199 Å². The van der Waals surface area contributed by atoms with Gasteiger partial charge in [-0.15, -0.1) is 10.2 Å². The maximum Gasteiger partial charge on any atom is 0.291 e. The maximum absolute atomic E-state index is 13.5. The molecule has 2 atom stereocenters. The molecule has 1 aliphatic carbocycles. The topological polar surface area (TPSA) is 91.6 Å². The number of sulfonamides is 1. The molecule has 0 radical (unpaired) electrons. The van der Waals surface area contributed by atoms with Gasteiger partial charge in [0.05, 0.1) is 22.9 Å². The molecule has 1 aliphatic heterocycles. The Hall–Kier alpha value is -2.22. The van der Waals surface area contributed by atoms with E-state index in [4.69, 9.17) is 0 Å². The summed E-state index contributed by atoms with van der Waals surface area (Å²) in [5.41, 5.74) is 1.29. The smallest absolute Gasteiger partial charge is 0.291 e. The fraction of sp³-hybridized carbons (Fsp3) is 0.524. The largest absolute Gasteiger partial charge is 0.364 e. The Kier molecular flexibility index (Phi) is 5.86. The van der Waals surface area contributed by atoms with Crippen LogP contribution in [0.15, 0.2) is 29.3 Å². The Morgan fingerprint density at radius 2 is 2.09 bits per heavy atom. The van der Waals surface area contributed by atoms with Crippen molar-refractivity contribution in [1.82, 2.24) is 24.6 Å². The fourth-order valence-corrected chi connectivity index (χ4v) is 6.39. The number of halogens is 3. The van der Waals surface area contributed by atoms with E-state index >= 15 is 0 Å². The molecule has 0 amide bonds. The van der Waals surface area contributed by atoms with Gasteiger partial charge >= 0.3 is 0 Å². The van der Waals surface area contributed by atoms with Gasteiger partial charge < -0.3 is 14.6 Å². The van der Waals surface area contributed by atoms with Gasteiger partial charge in [0.15, 0.2) is 10.0 Å². The number of pyridine rings is 1. The zero-order valence-electron chi connectivity index (χ0n) is 18.6. The fourth-order valence-electron chi connectivity index (χ4n) is 4.19. The molecule has 0 bridgehead atoms. The lowest BCUT2D eigenvalue weighted by Crippen LogP contribution is -2.56. The zero-order valence-corrected chi connectivity index (χ0v) is 20.3. The van der Waals surface area contributed by atoms with Crippen molar-refractivity contribution >= 4 is 32.6 Å². The van der Waals surface area contributed by atoms with E-state index in [1.165, 1.54) is 6.20 Å². The Morgan fingerprint density at radius 1 is 1.32 bits per heavy atom. The molecule has 1 saturated carbocycles. The SMILES string of the molecule is C[C@H]1CN[C@@H](CF)CN1c1cc(S(=O)(=O)NC2(C)CC2)cn2c(-c3nnc(C(F)F)s3)ccc12. The number of anilines is 1. The molecule has 8 nitrogen and oxygen atoms in total. The lowest BCUT2D eigenvalue weighted by atomic mass is 10.1. The average Bonchev–Trinajstić information content (AvgIpc) is 3.19. The Bertz CT molecular complexity index is 1320. The van der Waals surface area contributed by atoms with Gasteiger partial charge in [-0.05, 0) is 44.9 Å². The number of aromatic nitrogens is 3. The first-order valence-electron chi connectivity index (χ1n) is 11.0. The minimum atomic E-state index is -3.87. The van der Waals surface area contributed by atoms with Gasteiger partial charge in [-0.1, -0.05) is 11.3 Å². The number of rotatable bonds is 7. The minimum Gasteiger partial charge on any atom is -0.364 e. The van der Waals surface area contributed by atoms with Crippen LogP contribution in [0.2, 0.25) is 0 Å². The van der Waals surface area contributed by atoms with E-state index in [0.29, 0.717) is 30.0 Å². The summed E-state index contributed by atoms with van der Waals surface area (Å²) in [7, 11) is -3.87. The van der Waals surface area contributed by atoms with Gasteiger partial charge in [0.2, 0.25) is 10.0 Å². The lowest BCUT2D eigenvalue weighted by Gasteiger charge is -2.40. The number of nitrogens with one attached hydrogen (secondary N) is 2. The van der Waals surface area contributed by atoms with E-state index in [0.717, 1.165) is 24.2 Å². The summed E-state index contributed by atoms with van der Waals surface area (Å²) in [6.07, 6.45) is 0.242. The number of nitrogens with zero attached hydrogens (tertiary/aromatic N) is 4. The highest BCUT2D eigenvalue weighted by atomic mass is 32.2. The summed E-state index contributed by atoms with van der Waals surface area (Å²) in [5, 5.41) is 10.5. The highest BCUT2D eigenvalue weighted by Gasteiger charge is 2.41. The molecule has 13 heteroatoms. The first-order valence-corrected chi connectivity index (χ1v) is 13.3. The van der Waals surface area contributed by atoms with Gasteiger partial charge in [0.25, 0.3) is 6.43 Å². The predicted molar refractivity (Wildman–Crippen MR) is 124 cm³/mol. The summed E-state index contributed by atoms with van der Waals surface area (Å²) < 4.78 is 70.7. The van der Waals surface area contributed by atoms with Gasteiger partial charge in [-0.3, -0.25) is 0 Å². The maximum atomic E-state index is 13.5. The first kappa shape index (κ1) is 23.5. The summed E-state index contributed by atoms with van der Waals surface area (Å²) in [6, 6.07) is 4.70. The summed E-state index contributed by atoms with van der Waals surface area (Å²) >= 11 is 0.762. The number of hydrogen-bond acceptors (Lipinski definition) is 7. The molecule has 2 N–H and O–H groups in total. The second-order valence-corrected chi connectivity index (χ2v) is 11.9. The van der Waals surface area contributed by atoms with Crippen molar-refractivity contribution in [2.75, 3.05) is 24.7 Å². The third-order valence-corrected chi connectivity index (χ3v) is 8.96. The van der Waals surface area contributed by atoms with E-state index in [9.17, 15) is 21.6 Å². The second-order valence-electron chi connectivity index (χ2n) is 9.21. The third kappa shape index (κ3) is 4.30. The zero-order chi connectivity index (χ0) is 24.3. The summed E-state index contributed by atoms with van der Waals surface area (Å²) in [6.45, 7) is 4.17. The number of alkyl halides is 3. The van der Waals surface area contributed by atoms with E-state index in [-0.39, 0.29) is 22.0 Å². The molecule has 0 unspecified atom stereocenters. The number of piperazine rings is 1. The van der Waals surface area contributed by atoms with E-state index in [1.54, 1.807) is 22.6 Å². The highest BCUT2D eigenvalue weighted by molar-refractivity contribution is 7.89. The minimum absolute atomic E-state index is 0.0243. The second kappa shape index (κ2) is 8.47. The molecule has 3 aromatic rings. The standard InChI is InChI=1S/C21H25F3N6O2S2/c1-12-9-25-13(8-22)10-29(12)17-7-14(34(31,32)28-21(2)5-6-21)11-30-15(17)3-4-16(30)19-26-27-20(33-19)18(23)24/h3-4,7,11-13,18,25,28H,5-6,8-10H2,1-2H3/t12-,13-/m0/s1. The summed E-state index contributed by atoms with van der Waals surface area (Å²) in [4.78, 5) is 2.03. The van der Waals surface area contributed by atoms with Gasteiger partial charge in [-0.2, -0.15) is 0 Å². The molecule has 5 rings (SSSR count). The molecule has 34 heavy (non-hydrogen) atoms. The van der Waals surface area contributed by atoms with Crippen molar-refractivity contribution in [2.24, 2.45) is 0 Å². The van der Waals surface area contributed by atoms with Crippen LogP contribution >= 0.6 is 11.3 Å². The van der Waals surface area contributed by atoms with E-state index in [1.807, 2.05) is 18.7 Å². The molecule has 3 aromatic heterocycles. The van der Waals surface area contributed by atoms with Gasteiger partial charge in [0, 0.05) is 30.9 Å². The Balaban J connectivity index is 1.67. The van der Waals surface area contributed by atoms with Crippen LogP contribution < -0.4 is 14.9 Å². The molecule has 2 fully saturated rings. The average molecular weight is 515 g/mol. The molecule has 1 saturated heterocycles. The van der Waals surface area contributed by atoms with Crippen LogP contribution in [0.1, 0.15) is 38.1 Å². The van der Waals surface area contributed by atoms with Crippen molar-refractivity contribution in [1.29, 1.82) is 0 Å². The highest BCUT2D eigenvalue weighted by Crippen LogP contribution is 2.38. The van der Waals surface area contributed by atoms with Crippen molar-refractivity contribution in [3.8, 4) is 10.7 Å². The van der Waals surface area contributed by atoms with Crippen LogP contribution in [-0.4, -0.2) is 60.4 Å². The molecule has 4 heterocycles. The molecule has 2 aliphatic rings. The van der Waals surface area contributed by atoms with Crippen LogP contribution in [0, 0.1) is 0 Å². The molecule has 184 valence electrons. The van der Waals surface area contributed by atoms with Gasteiger partial charge in [0.1, 0.15) is 11.6 Å². The summed E-state index contributed by atoms with van der Waals surface area (Å²) in [5.74, 6) is 0. The molecular formula is C21H25F3N6O2S2. The van der Waals surface area contributed by atoms with Crippen LogP contribution in [0.5, 0.6) is 0 Å².